The summed E-state index contributed by atoms with van der Waals surface area (Å²) in [4.78, 5) is 7.26. The predicted molar refractivity (Wildman–Crippen MR) is 65.7 cm³/mol. The Labute approximate surface area is 99.6 Å². The van der Waals surface area contributed by atoms with Gasteiger partial charge in [0.1, 0.15) is 0 Å². The topological polar surface area (TPSA) is 40.7 Å². The normalized spacial score (nSPS) is 10.3. The molecule has 5 heteroatoms. The molecule has 3 nitrogen and oxygen atoms in total. The molecule has 15 heavy (non-hydrogen) atoms. The van der Waals surface area contributed by atoms with Crippen LogP contribution in [-0.2, 0) is 6.54 Å². The minimum Gasteiger partial charge on any atom is -0.355 e. The quantitative estimate of drug-likeness (QED) is 0.817. The molecule has 0 radical (unpaired) electrons. The van der Waals surface area contributed by atoms with Gasteiger partial charge >= 0.3 is 0 Å². The molecule has 0 spiro atoms. The van der Waals surface area contributed by atoms with Gasteiger partial charge in [-0.25, -0.2) is 4.98 Å². The highest BCUT2D eigenvalue weighted by Gasteiger charge is 2.03. The smallest absolute Gasteiger partial charge is 0.153 e. The third-order valence-corrected chi connectivity index (χ3v) is 2.40. The molecule has 2 aromatic heterocycles. The summed E-state index contributed by atoms with van der Waals surface area (Å²) >= 11 is 5.94. The van der Waals surface area contributed by atoms with Crippen molar-refractivity contribution in [2.45, 2.75) is 13.5 Å². The first-order chi connectivity index (χ1) is 6.81. The number of hydrogen-bond donors (Lipinski definition) is 2. The Kier molecular flexibility index (Phi) is 4.39. The maximum Gasteiger partial charge on any atom is 0.153 e. The molecule has 0 fully saturated rings. The van der Waals surface area contributed by atoms with Crippen LogP contribution in [0.1, 0.15) is 12.6 Å². The average Bonchev–Trinajstić information content (AvgIpc) is 2.59. The zero-order chi connectivity index (χ0) is 9.97. The Hall–Kier alpha value is -0.770. The molecular formula is C10H13Cl2N3. The lowest BCUT2D eigenvalue weighted by Crippen LogP contribution is -2.11. The van der Waals surface area contributed by atoms with Crippen molar-refractivity contribution in [1.29, 1.82) is 0 Å². The molecule has 0 saturated heterocycles. The second kappa shape index (κ2) is 5.35. The molecular weight excluding hydrogens is 233 g/mol. The largest absolute Gasteiger partial charge is 0.355 e. The van der Waals surface area contributed by atoms with Crippen LogP contribution in [0.2, 0.25) is 5.15 Å². The van der Waals surface area contributed by atoms with Gasteiger partial charge in [-0.3, -0.25) is 0 Å². The van der Waals surface area contributed by atoms with Crippen molar-refractivity contribution in [3.8, 4) is 0 Å². The van der Waals surface area contributed by atoms with Crippen LogP contribution < -0.4 is 5.32 Å². The number of fused-ring (bicyclic) bond motifs is 1. The average molecular weight is 246 g/mol. The number of nitrogens with zero attached hydrogens (tertiary/aromatic N) is 1. The lowest BCUT2D eigenvalue weighted by atomic mass is 10.3. The summed E-state index contributed by atoms with van der Waals surface area (Å²) in [5.41, 5.74) is 2.05. The standard InChI is InChI=1S/C10H12ClN3.ClH/c1-2-12-6-8-5-7-3-4-13-10(11)9(7)14-8;/h3-5,12,14H,2,6H2,1H3;1H. The summed E-state index contributed by atoms with van der Waals surface area (Å²) in [6, 6.07) is 4.04. The second-order valence-corrected chi connectivity index (χ2v) is 3.50. The molecule has 0 amide bonds. The fraction of sp³-hybridized carbons (Fsp3) is 0.300. The molecule has 2 N–H and O–H groups in total. The highest BCUT2D eigenvalue weighted by atomic mass is 35.5. The zero-order valence-electron chi connectivity index (χ0n) is 8.38. The van der Waals surface area contributed by atoms with Gasteiger partial charge in [0.15, 0.2) is 5.15 Å². The van der Waals surface area contributed by atoms with Crippen molar-refractivity contribution < 1.29 is 0 Å². The fourth-order valence-corrected chi connectivity index (χ4v) is 1.65. The van der Waals surface area contributed by atoms with E-state index in [0.29, 0.717) is 5.15 Å². The van der Waals surface area contributed by atoms with Gasteiger partial charge in [0.05, 0.1) is 5.52 Å². The van der Waals surface area contributed by atoms with Gasteiger partial charge in [0.25, 0.3) is 0 Å². The van der Waals surface area contributed by atoms with E-state index in [1.165, 1.54) is 0 Å². The number of pyridine rings is 1. The number of aromatic nitrogens is 2. The number of nitrogens with one attached hydrogen (secondary N) is 2. The Morgan fingerprint density at radius 3 is 3.00 bits per heavy atom. The molecule has 0 unspecified atom stereocenters. The number of H-pyrrole nitrogens is 1. The maximum atomic E-state index is 5.94. The van der Waals surface area contributed by atoms with Crippen LogP contribution in [-0.4, -0.2) is 16.5 Å². The van der Waals surface area contributed by atoms with E-state index >= 15 is 0 Å². The molecule has 0 bridgehead atoms. The van der Waals surface area contributed by atoms with Gasteiger partial charge < -0.3 is 10.3 Å². The van der Waals surface area contributed by atoms with Crippen LogP contribution in [0, 0.1) is 0 Å². The van der Waals surface area contributed by atoms with E-state index in [2.05, 4.69) is 28.3 Å². The van der Waals surface area contributed by atoms with Gasteiger partial charge in [-0.1, -0.05) is 18.5 Å². The lowest BCUT2D eigenvalue weighted by Gasteiger charge is -1.96. The number of rotatable bonds is 3. The minimum atomic E-state index is 0. The third-order valence-electron chi connectivity index (χ3n) is 2.12. The summed E-state index contributed by atoms with van der Waals surface area (Å²) in [5, 5.41) is 4.89. The van der Waals surface area contributed by atoms with E-state index in [1.54, 1.807) is 6.20 Å². The van der Waals surface area contributed by atoms with Crippen molar-refractivity contribution in [2.75, 3.05) is 6.54 Å². The Balaban J connectivity index is 0.00000112. The molecule has 0 atom stereocenters. The van der Waals surface area contributed by atoms with E-state index < -0.39 is 0 Å². The van der Waals surface area contributed by atoms with Crippen molar-refractivity contribution in [1.82, 2.24) is 15.3 Å². The number of hydrogen-bond acceptors (Lipinski definition) is 2. The summed E-state index contributed by atoms with van der Waals surface area (Å²) < 4.78 is 0. The number of halogens is 2. The Morgan fingerprint density at radius 2 is 2.33 bits per heavy atom. The molecule has 2 heterocycles. The summed E-state index contributed by atoms with van der Waals surface area (Å²) in [6.45, 7) is 3.88. The van der Waals surface area contributed by atoms with Gasteiger partial charge in [0, 0.05) is 23.8 Å². The third kappa shape index (κ3) is 2.62. The van der Waals surface area contributed by atoms with Gasteiger partial charge in [-0.05, 0) is 18.7 Å². The lowest BCUT2D eigenvalue weighted by molar-refractivity contribution is 0.715. The fourth-order valence-electron chi connectivity index (χ4n) is 1.43. The molecule has 0 aliphatic heterocycles. The van der Waals surface area contributed by atoms with E-state index in [1.807, 2.05) is 6.07 Å². The van der Waals surface area contributed by atoms with E-state index in [0.717, 1.165) is 29.7 Å². The molecule has 0 aromatic carbocycles. The highest BCUT2D eigenvalue weighted by molar-refractivity contribution is 6.33. The molecule has 2 rings (SSSR count). The minimum absolute atomic E-state index is 0. The van der Waals surface area contributed by atoms with Crippen molar-refractivity contribution >= 4 is 34.9 Å². The molecule has 0 aliphatic carbocycles. The van der Waals surface area contributed by atoms with Crippen LogP contribution in [0.25, 0.3) is 10.9 Å². The monoisotopic (exact) mass is 245 g/mol. The first kappa shape index (κ1) is 12.3. The van der Waals surface area contributed by atoms with Crippen LogP contribution in [0.15, 0.2) is 18.3 Å². The molecule has 0 saturated carbocycles. The summed E-state index contributed by atoms with van der Waals surface area (Å²) in [6.07, 6.45) is 1.72. The zero-order valence-corrected chi connectivity index (χ0v) is 9.95. The Bertz CT molecular complexity index is 439. The van der Waals surface area contributed by atoms with Gasteiger partial charge in [0.2, 0.25) is 0 Å². The van der Waals surface area contributed by atoms with E-state index in [-0.39, 0.29) is 12.4 Å². The van der Waals surface area contributed by atoms with Gasteiger partial charge in [-0.2, -0.15) is 0 Å². The highest BCUT2D eigenvalue weighted by Crippen LogP contribution is 2.20. The van der Waals surface area contributed by atoms with Crippen molar-refractivity contribution in [3.05, 3.63) is 29.2 Å². The van der Waals surface area contributed by atoms with Crippen molar-refractivity contribution in [2.24, 2.45) is 0 Å². The Morgan fingerprint density at radius 1 is 1.53 bits per heavy atom. The van der Waals surface area contributed by atoms with Gasteiger partial charge in [-0.15, -0.1) is 12.4 Å². The molecule has 0 aliphatic rings. The van der Waals surface area contributed by atoms with Crippen LogP contribution in [0.4, 0.5) is 0 Å². The first-order valence-corrected chi connectivity index (χ1v) is 5.02. The van der Waals surface area contributed by atoms with E-state index in [4.69, 9.17) is 11.6 Å². The predicted octanol–water partition coefficient (Wildman–Crippen LogP) is 2.75. The maximum absolute atomic E-state index is 5.94. The summed E-state index contributed by atoms with van der Waals surface area (Å²) in [7, 11) is 0. The first-order valence-electron chi connectivity index (χ1n) is 4.64. The van der Waals surface area contributed by atoms with Crippen LogP contribution in [0.3, 0.4) is 0 Å². The van der Waals surface area contributed by atoms with E-state index in [9.17, 15) is 0 Å². The van der Waals surface area contributed by atoms with Crippen molar-refractivity contribution in [3.63, 3.8) is 0 Å². The second-order valence-electron chi connectivity index (χ2n) is 3.14. The SMILES string of the molecule is CCNCc1cc2ccnc(Cl)c2[nH]1.Cl. The van der Waals surface area contributed by atoms with Crippen LogP contribution in [0.5, 0.6) is 0 Å². The number of aromatic amines is 1. The van der Waals surface area contributed by atoms with Crippen LogP contribution >= 0.6 is 24.0 Å². The summed E-state index contributed by atoms with van der Waals surface area (Å²) in [5.74, 6) is 0. The molecule has 82 valence electrons. The molecule has 2 aromatic rings.